The Labute approximate surface area is 186 Å². The summed E-state index contributed by atoms with van der Waals surface area (Å²) < 4.78 is 5.81. The number of amides is 1. The molecule has 1 fully saturated rings. The van der Waals surface area contributed by atoms with Crippen LogP contribution in [-0.2, 0) is 11.3 Å². The number of benzene rings is 2. The molecule has 1 amide bonds. The molecule has 1 aliphatic rings. The van der Waals surface area contributed by atoms with Gasteiger partial charge in [-0.25, -0.2) is 0 Å². The van der Waals surface area contributed by atoms with E-state index in [1.54, 1.807) is 24.3 Å². The summed E-state index contributed by atoms with van der Waals surface area (Å²) in [5.41, 5.74) is 8.72. The van der Waals surface area contributed by atoms with E-state index in [4.69, 9.17) is 10.5 Å². The molecule has 0 saturated carbocycles. The van der Waals surface area contributed by atoms with E-state index in [-0.39, 0.29) is 23.5 Å². The van der Waals surface area contributed by atoms with Crippen molar-refractivity contribution in [3.8, 4) is 5.75 Å². The van der Waals surface area contributed by atoms with Crippen LogP contribution < -0.4 is 21.3 Å². The summed E-state index contributed by atoms with van der Waals surface area (Å²) in [7, 11) is 0. The minimum Gasteiger partial charge on any atom is -0.508 e. The molecule has 0 radical (unpaired) electrons. The monoisotopic (exact) mass is 436 g/mol. The number of primary amides is 1. The normalized spacial score (nSPS) is 18.4. The summed E-state index contributed by atoms with van der Waals surface area (Å²) in [6.07, 6.45) is 0.373. The van der Waals surface area contributed by atoms with Crippen LogP contribution in [0.5, 0.6) is 5.75 Å². The lowest BCUT2D eigenvalue weighted by atomic mass is 10.2. The van der Waals surface area contributed by atoms with E-state index < -0.39 is 5.91 Å². The predicted octanol–water partition coefficient (Wildman–Crippen LogP) is 3.18. The standard InChI is InChI=1S/C23H28N6O3/c1-14-12-29(13-15(2)32-14)18-7-5-17(6-8-18)26-23-20(21(24)31)22(27-28-23)25-11-16-3-9-19(30)10-4-16/h3-10,14-15,30H,11-13H2,1-2H3,(H2,24,31)(H3,25,26,27,28)/t14-,15+. The molecule has 3 aromatic rings. The molecule has 2 atom stereocenters. The van der Waals surface area contributed by atoms with Gasteiger partial charge in [-0.15, -0.1) is 0 Å². The molecule has 1 aromatic heterocycles. The quantitative estimate of drug-likeness (QED) is 0.385. The van der Waals surface area contributed by atoms with E-state index in [1.807, 2.05) is 24.3 Å². The van der Waals surface area contributed by atoms with E-state index in [9.17, 15) is 9.90 Å². The van der Waals surface area contributed by atoms with Crippen molar-refractivity contribution in [1.82, 2.24) is 10.2 Å². The molecule has 4 rings (SSSR count). The van der Waals surface area contributed by atoms with Gasteiger partial charge in [0.15, 0.2) is 5.82 Å². The predicted molar refractivity (Wildman–Crippen MR) is 124 cm³/mol. The first-order valence-electron chi connectivity index (χ1n) is 10.6. The van der Waals surface area contributed by atoms with Crippen LogP contribution in [0.3, 0.4) is 0 Å². The van der Waals surface area contributed by atoms with E-state index in [0.29, 0.717) is 18.2 Å². The highest BCUT2D eigenvalue weighted by molar-refractivity contribution is 6.03. The molecule has 6 N–H and O–H groups in total. The minimum absolute atomic E-state index is 0.186. The minimum atomic E-state index is -0.595. The van der Waals surface area contributed by atoms with Crippen molar-refractivity contribution in [2.24, 2.45) is 5.73 Å². The highest BCUT2D eigenvalue weighted by Crippen LogP contribution is 2.27. The van der Waals surface area contributed by atoms with Crippen molar-refractivity contribution in [1.29, 1.82) is 0 Å². The molecule has 0 spiro atoms. The van der Waals surface area contributed by atoms with E-state index in [1.165, 1.54) is 0 Å². The first kappa shape index (κ1) is 21.5. The summed E-state index contributed by atoms with van der Waals surface area (Å²) in [6.45, 7) is 6.29. The lowest BCUT2D eigenvalue weighted by molar-refractivity contribution is -0.00521. The molecule has 1 saturated heterocycles. The highest BCUT2D eigenvalue weighted by Gasteiger charge is 2.22. The Morgan fingerprint density at radius 2 is 1.81 bits per heavy atom. The summed E-state index contributed by atoms with van der Waals surface area (Å²) in [6, 6.07) is 14.8. The molecular formula is C23H28N6O3. The summed E-state index contributed by atoms with van der Waals surface area (Å²) >= 11 is 0. The fraction of sp³-hybridized carbons (Fsp3) is 0.304. The molecule has 9 nitrogen and oxygen atoms in total. The number of morpholine rings is 1. The van der Waals surface area contributed by atoms with Gasteiger partial charge in [-0.05, 0) is 55.8 Å². The lowest BCUT2D eigenvalue weighted by Gasteiger charge is -2.36. The average molecular weight is 437 g/mol. The van der Waals surface area contributed by atoms with Gasteiger partial charge in [0, 0.05) is 31.0 Å². The van der Waals surface area contributed by atoms with Gasteiger partial charge < -0.3 is 31.1 Å². The Bertz CT molecular complexity index is 1050. The molecule has 0 aliphatic carbocycles. The number of anilines is 4. The van der Waals surface area contributed by atoms with Gasteiger partial charge in [-0.1, -0.05) is 12.1 Å². The number of aromatic hydroxyl groups is 1. The second-order valence-electron chi connectivity index (χ2n) is 8.04. The molecule has 0 bridgehead atoms. The number of H-pyrrole nitrogens is 1. The number of ether oxygens (including phenoxy) is 1. The first-order chi connectivity index (χ1) is 15.4. The van der Waals surface area contributed by atoms with Crippen LogP contribution in [0.4, 0.5) is 23.0 Å². The van der Waals surface area contributed by atoms with Gasteiger partial charge in [0.05, 0.1) is 12.2 Å². The van der Waals surface area contributed by atoms with Crippen LogP contribution in [0, 0.1) is 0 Å². The molecular weight excluding hydrogens is 408 g/mol. The lowest BCUT2D eigenvalue weighted by Crippen LogP contribution is -2.45. The maximum Gasteiger partial charge on any atom is 0.256 e. The van der Waals surface area contributed by atoms with Gasteiger partial charge in [0.25, 0.3) is 5.91 Å². The number of nitrogens with zero attached hydrogens (tertiary/aromatic N) is 2. The summed E-state index contributed by atoms with van der Waals surface area (Å²) in [5.74, 6) is 0.388. The molecule has 0 unspecified atom stereocenters. The van der Waals surface area contributed by atoms with Crippen LogP contribution in [-0.4, -0.2) is 46.5 Å². The SMILES string of the molecule is C[C@@H]1CN(c2ccc(Nc3n[nH]c(NCc4ccc(O)cc4)c3C(N)=O)cc2)C[C@H](C)O1. The average Bonchev–Trinajstić information content (AvgIpc) is 3.16. The number of carbonyl (C=O) groups excluding carboxylic acids is 1. The zero-order valence-corrected chi connectivity index (χ0v) is 18.1. The van der Waals surface area contributed by atoms with Crippen molar-refractivity contribution in [2.45, 2.75) is 32.6 Å². The smallest absolute Gasteiger partial charge is 0.256 e. The zero-order valence-electron chi connectivity index (χ0n) is 18.1. The van der Waals surface area contributed by atoms with Gasteiger partial charge >= 0.3 is 0 Å². The number of aromatic amines is 1. The van der Waals surface area contributed by atoms with Crippen LogP contribution in [0.2, 0.25) is 0 Å². The first-order valence-corrected chi connectivity index (χ1v) is 10.6. The van der Waals surface area contributed by atoms with Gasteiger partial charge in [0.1, 0.15) is 17.1 Å². The van der Waals surface area contributed by atoms with Crippen LogP contribution in [0.15, 0.2) is 48.5 Å². The number of phenols is 1. The Kier molecular flexibility index (Phi) is 6.18. The Morgan fingerprint density at radius 1 is 1.16 bits per heavy atom. The molecule has 2 aromatic carbocycles. The third-order valence-corrected chi connectivity index (χ3v) is 5.33. The maximum atomic E-state index is 12.1. The Balaban J connectivity index is 1.45. The number of hydrogen-bond acceptors (Lipinski definition) is 7. The highest BCUT2D eigenvalue weighted by atomic mass is 16.5. The molecule has 32 heavy (non-hydrogen) atoms. The number of hydrogen-bond donors (Lipinski definition) is 5. The van der Waals surface area contributed by atoms with E-state index >= 15 is 0 Å². The molecule has 9 heteroatoms. The van der Waals surface area contributed by atoms with Gasteiger partial charge in [-0.3, -0.25) is 9.89 Å². The van der Waals surface area contributed by atoms with E-state index in [0.717, 1.165) is 30.0 Å². The van der Waals surface area contributed by atoms with Crippen LogP contribution in [0.1, 0.15) is 29.8 Å². The van der Waals surface area contributed by atoms with Crippen molar-refractivity contribution < 1.29 is 14.6 Å². The molecule has 168 valence electrons. The number of carbonyl (C=O) groups is 1. The summed E-state index contributed by atoms with van der Waals surface area (Å²) in [5, 5.41) is 22.8. The van der Waals surface area contributed by atoms with Crippen LogP contribution in [0.25, 0.3) is 0 Å². The maximum absolute atomic E-state index is 12.1. The number of aromatic nitrogens is 2. The van der Waals surface area contributed by atoms with Gasteiger partial charge in [-0.2, -0.15) is 5.10 Å². The van der Waals surface area contributed by atoms with Gasteiger partial charge in [0.2, 0.25) is 0 Å². The Morgan fingerprint density at radius 3 is 2.44 bits per heavy atom. The Hall–Kier alpha value is -3.72. The number of phenolic OH excluding ortho intramolecular Hbond substituents is 1. The number of nitrogens with two attached hydrogens (primary N) is 1. The second-order valence-corrected chi connectivity index (χ2v) is 8.04. The van der Waals surface area contributed by atoms with Crippen LogP contribution >= 0.6 is 0 Å². The van der Waals surface area contributed by atoms with Crippen molar-refractivity contribution in [3.05, 3.63) is 59.7 Å². The zero-order chi connectivity index (χ0) is 22.7. The number of nitrogens with one attached hydrogen (secondary N) is 3. The van der Waals surface area contributed by atoms with E-state index in [2.05, 4.69) is 39.6 Å². The van der Waals surface area contributed by atoms with Crippen molar-refractivity contribution >= 4 is 28.9 Å². The largest absolute Gasteiger partial charge is 0.508 e. The third kappa shape index (κ3) is 4.94. The molecule has 1 aliphatic heterocycles. The fourth-order valence-corrected chi connectivity index (χ4v) is 3.89. The van der Waals surface area contributed by atoms with Crippen molar-refractivity contribution in [3.63, 3.8) is 0 Å². The molecule has 2 heterocycles. The second kappa shape index (κ2) is 9.19. The fourth-order valence-electron chi connectivity index (χ4n) is 3.89. The van der Waals surface area contributed by atoms with Crippen molar-refractivity contribution in [2.75, 3.05) is 28.6 Å². The topological polar surface area (TPSA) is 129 Å². The summed E-state index contributed by atoms with van der Waals surface area (Å²) in [4.78, 5) is 14.4. The third-order valence-electron chi connectivity index (χ3n) is 5.33. The number of rotatable bonds is 7.